The topological polar surface area (TPSA) is 270 Å². The monoisotopic (exact) mass is 500 g/mol. The molecule has 35 heavy (non-hydrogen) atoms. The molecule has 5 atom stereocenters. The molecule has 198 valence electrons. The van der Waals surface area contributed by atoms with Crippen molar-refractivity contribution in [1.29, 1.82) is 0 Å². The Morgan fingerprint density at radius 3 is 2.23 bits per heavy atom. The molecule has 1 fully saturated rings. The normalized spacial score (nSPS) is 18.6. The molecule has 5 unspecified atom stereocenters. The lowest BCUT2D eigenvalue weighted by Crippen LogP contribution is -2.58. The highest BCUT2D eigenvalue weighted by atomic mass is 16.4. The molecule has 1 aliphatic rings. The van der Waals surface area contributed by atoms with Gasteiger partial charge in [-0.1, -0.05) is 0 Å². The Balaban J connectivity index is 3.07. The second-order valence-electron chi connectivity index (χ2n) is 8.37. The van der Waals surface area contributed by atoms with E-state index in [0.29, 0.717) is 6.42 Å². The van der Waals surface area contributed by atoms with Crippen molar-refractivity contribution in [3.05, 3.63) is 0 Å². The van der Waals surface area contributed by atoms with Gasteiger partial charge in [-0.05, 0) is 39.0 Å². The zero-order valence-electron chi connectivity index (χ0n) is 19.7. The van der Waals surface area contributed by atoms with Gasteiger partial charge in [0.15, 0.2) is 5.96 Å². The number of likely N-dealkylation sites (tertiary alicyclic amines) is 1. The SMILES string of the molecule is CC(O)C(N)C(=O)NC(CCC(N)=O)C(=O)NC(CCCN=C(N)N)C(=O)N1CCCC1C(=O)O. The van der Waals surface area contributed by atoms with Crippen LogP contribution in [-0.4, -0.2) is 94.0 Å². The molecule has 0 radical (unpaired) electrons. The molecule has 0 saturated carbocycles. The van der Waals surface area contributed by atoms with Crippen molar-refractivity contribution in [2.75, 3.05) is 13.1 Å². The van der Waals surface area contributed by atoms with Crippen LogP contribution in [-0.2, 0) is 24.0 Å². The number of primary amides is 1. The number of hydrogen-bond acceptors (Lipinski definition) is 8. The van der Waals surface area contributed by atoms with Crippen LogP contribution in [0.2, 0.25) is 0 Å². The summed E-state index contributed by atoms with van der Waals surface area (Å²) in [5.41, 5.74) is 21.4. The minimum atomic E-state index is -1.34. The average molecular weight is 501 g/mol. The highest BCUT2D eigenvalue weighted by Crippen LogP contribution is 2.20. The molecule has 1 rings (SSSR count). The second-order valence-corrected chi connectivity index (χ2v) is 8.37. The van der Waals surface area contributed by atoms with E-state index in [2.05, 4.69) is 15.6 Å². The number of amides is 4. The van der Waals surface area contributed by atoms with Crippen LogP contribution in [0.15, 0.2) is 4.99 Å². The van der Waals surface area contributed by atoms with E-state index in [4.69, 9.17) is 22.9 Å². The molecule has 0 bridgehead atoms. The van der Waals surface area contributed by atoms with Crippen molar-refractivity contribution in [3.63, 3.8) is 0 Å². The molecular formula is C20H36N8O7. The van der Waals surface area contributed by atoms with Crippen LogP contribution in [0.25, 0.3) is 0 Å². The molecule has 0 aromatic carbocycles. The largest absolute Gasteiger partial charge is 0.480 e. The van der Waals surface area contributed by atoms with Crippen LogP contribution < -0.4 is 33.6 Å². The summed E-state index contributed by atoms with van der Waals surface area (Å²) < 4.78 is 0. The Kier molecular flexibility index (Phi) is 11.9. The van der Waals surface area contributed by atoms with E-state index in [0.717, 1.165) is 0 Å². The number of nitrogens with one attached hydrogen (secondary N) is 2. The summed E-state index contributed by atoms with van der Waals surface area (Å²) in [5, 5.41) is 23.9. The van der Waals surface area contributed by atoms with Gasteiger partial charge in [0.2, 0.25) is 23.6 Å². The predicted octanol–water partition coefficient (Wildman–Crippen LogP) is -3.94. The second kappa shape index (κ2) is 14.1. The Morgan fingerprint density at radius 1 is 1.06 bits per heavy atom. The molecule has 15 nitrogen and oxygen atoms in total. The molecule has 15 heteroatoms. The van der Waals surface area contributed by atoms with E-state index in [9.17, 15) is 34.2 Å². The molecule has 0 aromatic heterocycles. The smallest absolute Gasteiger partial charge is 0.326 e. The van der Waals surface area contributed by atoms with Crippen molar-refractivity contribution in [2.24, 2.45) is 27.9 Å². The maximum Gasteiger partial charge on any atom is 0.326 e. The molecule has 0 aliphatic carbocycles. The van der Waals surface area contributed by atoms with Crippen molar-refractivity contribution in [3.8, 4) is 0 Å². The van der Waals surface area contributed by atoms with Crippen molar-refractivity contribution >= 4 is 35.6 Å². The summed E-state index contributed by atoms with van der Waals surface area (Å²) in [6.07, 6.45) is -0.507. The van der Waals surface area contributed by atoms with Gasteiger partial charge in [-0.2, -0.15) is 0 Å². The highest BCUT2D eigenvalue weighted by Gasteiger charge is 2.38. The lowest BCUT2D eigenvalue weighted by molar-refractivity contribution is -0.149. The van der Waals surface area contributed by atoms with Crippen LogP contribution in [0.4, 0.5) is 0 Å². The van der Waals surface area contributed by atoms with E-state index in [-0.39, 0.29) is 51.2 Å². The maximum atomic E-state index is 13.2. The maximum absolute atomic E-state index is 13.2. The number of rotatable bonds is 14. The van der Waals surface area contributed by atoms with E-state index in [1.54, 1.807) is 0 Å². The molecule has 1 saturated heterocycles. The van der Waals surface area contributed by atoms with Crippen LogP contribution in [0.5, 0.6) is 0 Å². The number of nitrogens with two attached hydrogens (primary N) is 4. The third-order valence-electron chi connectivity index (χ3n) is 5.52. The number of carboxylic acid groups (broad SMARTS) is 1. The number of aliphatic hydroxyl groups excluding tert-OH is 1. The Morgan fingerprint density at radius 2 is 1.69 bits per heavy atom. The summed E-state index contributed by atoms with van der Waals surface area (Å²) >= 11 is 0. The highest BCUT2D eigenvalue weighted by molar-refractivity contribution is 5.94. The van der Waals surface area contributed by atoms with E-state index in [1.807, 2.05) is 0 Å². The van der Waals surface area contributed by atoms with Gasteiger partial charge in [0.25, 0.3) is 0 Å². The molecule has 1 heterocycles. The molecular weight excluding hydrogens is 464 g/mol. The Labute approximate surface area is 202 Å². The zero-order valence-corrected chi connectivity index (χ0v) is 19.7. The summed E-state index contributed by atoms with van der Waals surface area (Å²) in [4.78, 5) is 66.3. The third kappa shape index (κ3) is 9.74. The van der Waals surface area contributed by atoms with Crippen molar-refractivity contribution in [2.45, 2.75) is 75.7 Å². The predicted molar refractivity (Wildman–Crippen MR) is 124 cm³/mol. The molecule has 12 N–H and O–H groups in total. The van der Waals surface area contributed by atoms with E-state index >= 15 is 0 Å². The lowest BCUT2D eigenvalue weighted by atomic mass is 10.1. The summed E-state index contributed by atoms with van der Waals surface area (Å²) in [7, 11) is 0. The standard InChI is InChI=1S/C20H36N8O7/c1-10(29)15(22)17(32)26-11(6-7-14(21)30)16(31)27-12(4-2-8-25-20(23)24)18(33)28-9-3-5-13(28)19(34)35/h10-13,15,29H,2-9,22H2,1H3,(H2,21,30)(H,26,32)(H,27,31)(H,34,35)(H4,23,24,25). The van der Waals surface area contributed by atoms with Gasteiger partial charge >= 0.3 is 5.97 Å². The van der Waals surface area contributed by atoms with Crippen molar-refractivity contribution in [1.82, 2.24) is 15.5 Å². The summed E-state index contributed by atoms with van der Waals surface area (Å²) in [6, 6.07) is -4.79. The van der Waals surface area contributed by atoms with Gasteiger partial charge in [0, 0.05) is 19.5 Å². The van der Waals surface area contributed by atoms with Gasteiger partial charge in [-0.15, -0.1) is 0 Å². The number of aliphatic imine (C=N–C) groups is 1. The fraction of sp³-hybridized carbons (Fsp3) is 0.700. The minimum Gasteiger partial charge on any atom is -0.480 e. The molecule has 0 spiro atoms. The van der Waals surface area contributed by atoms with E-state index in [1.165, 1.54) is 11.8 Å². The third-order valence-corrected chi connectivity index (χ3v) is 5.52. The van der Waals surface area contributed by atoms with Crippen LogP contribution in [0.1, 0.15) is 45.4 Å². The fourth-order valence-corrected chi connectivity index (χ4v) is 3.56. The first kappa shape index (κ1) is 29.6. The van der Waals surface area contributed by atoms with E-state index < -0.39 is 59.9 Å². The molecule has 0 aromatic rings. The van der Waals surface area contributed by atoms with Gasteiger partial charge in [-0.25, -0.2) is 4.79 Å². The Hall–Kier alpha value is -3.46. The van der Waals surface area contributed by atoms with Crippen LogP contribution in [0.3, 0.4) is 0 Å². The summed E-state index contributed by atoms with van der Waals surface area (Å²) in [5.74, 6) is -4.27. The zero-order chi connectivity index (χ0) is 26.7. The van der Waals surface area contributed by atoms with Gasteiger partial charge in [0.1, 0.15) is 24.2 Å². The average Bonchev–Trinajstić information content (AvgIpc) is 3.27. The number of carbonyl (C=O) groups excluding carboxylic acids is 4. The number of guanidine groups is 1. The number of carboxylic acids is 1. The quantitative estimate of drug-likeness (QED) is 0.0651. The number of aliphatic hydroxyl groups is 1. The molecule has 1 aliphatic heterocycles. The first-order valence-electron chi connectivity index (χ1n) is 11.3. The fourth-order valence-electron chi connectivity index (χ4n) is 3.56. The first-order valence-corrected chi connectivity index (χ1v) is 11.3. The number of carbonyl (C=O) groups is 5. The molecule has 4 amide bonds. The van der Waals surface area contributed by atoms with Crippen LogP contribution in [0, 0.1) is 0 Å². The Bertz CT molecular complexity index is 815. The minimum absolute atomic E-state index is 0.0772. The lowest BCUT2D eigenvalue weighted by Gasteiger charge is -2.29. The van der Waals surface area contributed by atoms with Gasteiger partial charge < -0.3 is 48.7 Å². The number of nitrogens with zero attached hydrogens (tertiary/aromatic N) is 2. The first-order chi connectivity index (χ1) is 16.3. The number of hydrogen-bond donors (Lipinski definition) is 8. The summed E-state index contributed by atoms with van der Waals surface area (Å²) in [6.45, 7) is 1.67. The van der Waals surface area contributed by atoms with Crippen molar-refractivity contribution < 1.29 is 34.2 Å². The number of aliphatic carboxylic acids is 1. The van der Waals surface area contributed by atoms with Gasteiger partial charge in [-0.3, -0.25) is 24.2 Å². The van der Waals surface area contributed by atoms with Crippen LogP contribution >= 0.6 is 0 Å². The van der Waals surface area contributed by atoms with Gasteiger partial charge in [0.05, 0.1) is 6.10 Å².